The first kappa shape index (κ1) is 16.1. The van der Waals surface area contributed by atoms with Crippen molar-refractivity contribution in [3.8, 4) is 0 Å². The van der Waals surface area contributed by atoms with Crippen molar-refractivity contribution in [2.45, 2.75) is 58.0 Å². The number of aliphatic hydroxyl groups excluding tert-OH is 1. The van der Waals surface area contributed by atoms with Crippen LogP contribution in [0, 0.1) is 5.92 Å². The number of rotatable bonds is 7. The predicted molar refractivity (Wildman–Crippen MR) is 73.7 cm³/mol. The van der Waals surface area contributed by atoms with E-state index in [1.165, 1.54) is 6.92 Å². The Morgan fingerprint density at radius 3 is 2.26 bits per heavy atom. The molecule has 0 aromatic rings. The zero-order valence-electron chi connectivity index (χ0n) is 12.2. The van der Waals surface area contributed by atoms with Crippen molar-refractivity contribution in [3.63, 3.8) is 0 Å². The molecule has 0 aliphatic heterocycles. The summed E-state index contributed by atoms with van der Waals surface area (Å²) in [5.41, 5.74) is -0.305. The molecule has 1 aliphatic carbocycles. The summed E-state index contributed by atoms with van der Waals surface area (Å²) in [4.78, 5) is 23.3. The SMILES string of the molecule is CC(=O)C(NC(=O)CNC1(CO)CCCC1)C(C)C. The monoisotopic (exact) mass is 270 g/mol. The quantitative estimate of drug-likeness (QED) is 0.633. The van der Waals surface area contributed by atoms with Crippen molar-refractivity contribution in [2.24, 2.45) is 5.92 Å². The summed E-state index contributed by atoms with van der Waals surface area (Å²) in [6.07, 6.45) is 3.96. The maximum atomic E-state index is 11.9. The number of nitrogens with one attached hydrogen (secondary N) is 2. The number of aliphatic hydroxyl groups is 1. The van der Waals surface area contributed by atoms with E-state index >= 15 is 0 Å². The van der Waals surface area contributed by atoms with Crippen LogP contribution in [-0.2, 0) is 9.59 Å². The van der Waals surface area contributed by atoms with Gasteiger partial charge in [0.2, 0.25) is 5.91 Å². The third kappa shape index (κ3) is 4.58. The van der Waals surface area contributed by atoms with Crippen molar-refractivity contribution >= 4 is 11.7 Å². The molecule has 0 bridgehead atoms. The van der Waals surface area contributed by atoms with E-state index in [1.54, 1.807) is 0 Å². The van der Waals surface area contributed by atoms with Crippen LogP contribution in [0.4, 0.5) is 0 Å². The highest BCUT2D eigenvalue weighted by atomic mass is 16.3. The van der Waals surface area contributed by atoms with Gasteiger partial charge in [-0.25, -0.2) is 0 Å². The number of hydrogen-bond donors (Lipinski definition) is 3. The Morgan fingerprint density at radius 2 is 1.84 bits per heavy atom. The first-order chi connectivity index (χ1) is 8.90. The van der Waals surface area contributed by atoms with E-state index in [4.69, 9.17) is 0 Å². The molecule has 1 saturated carbocycles. The second-order valence-electron chi connectivity index (χ2n) is 5.90. The number of amides is 1. The topological polar surface area (TPSA) is 78.4 Å². The fourth-order valence-electron chi connectivity index (χ4n) is 2.67. The van der Waals surface area contributed by atoms with Gasteiger partial charge in [-0.3, -0.25) is 9.59 Å². The van der Waals surface area contributed by atoms with E-state index in [-0.39, 0.29) is 36.3 Å². The Balaban J connectivity index is 2.44. The highest BCUT2D eigenvalue weighted by Crippen LogP contribution is 2.28. The molecule has 1 rings (SSSR count). The van der Waals surface area contributed by atoms with Crippen molar-refractivity contribution in [1.82, 2.24) is 10.6 Å². The Morgan fingerprint density at radius 1 is 1.26 bits per heavy atom. The van der Waals surface area contributed by atoms with Gasteiger partial charge in [0.25, 0.3) is 0 Å². The Hall–Kier alpha value is -0.940. The van der Waals surface area contributed by atoms with Gasteiger partial charge in [-0.05, 0) is 25.7 Å². The molecule has 5 nitrogen and oxygen atoms in total. The molecule has 1 aliphatic rings. The molecular formula is C14H26N2O3. The summed E-state index contributed by atoms with van der Waals surface area (Å²) in [6.45, 7) is 5.51. The molecule has 1 unspecified atom stereocenters. The number of carbonyl (C=O) groups is 2. The van der Waals surface area contributed by atoms with E-state index in [9.17, 15) is 14.7 Å². The van der Waals surface area contributed by atoms with Gasteiger partial charge in [-0.2, -0.15) is 0 Å². The molecular weight excluding hydrogens is 244 g/mol. The minimum atomic E-state index is -0.428. The third-order valence-corrected chi connectivity index (χ3v) is 3.91. The van der Waals surface area contributed by atoms with Crippen LogP contribution in [0.15, 0.2) is 0 Å². The van der Waals surface area contributed by atoms with E-state index in [1.807, 2.05) is 13.8 Å². The van der Waals surface area contributed by atoms with E-state index < -0.39 is 6.04 Å². The highest BCUT2D eigenvalue weighted by Gasteiger charge is 2.33. The molecule has 1 atom stereocenters. The molecule has 0 aromatic carbocycles. The van der Waals surface area contributed by atoms with Gasteiger partial charge >= 0.3 is 0 Å². The van der Waals surface area contributed by atoms with Gasteiger partial charge in [0, 0.05) is 5.54 Å². The standard InChI is InChI=1S/C14H26N2O3/c1-10(2)13(11(3)18)16-12(19)8-15-14(9-17)6-4-5-7-14/h10,13,15,17H,4-9H2,1-3H3,(H,16,19). The molecule has 110 valence electrons. The number of Topliss-reactive ketones (excluding diaryl/α,β-unsaturated/α-hetero) is 1. The van der Waals surface area contributed by atoms with Crippen LogP contribution in [0.25, 0.3) is 0 Å². The third-order valence-electron chi connectivity index (χ3n) is 3.91. The summed E-state index contributed by atoms with van der Waals surface area (Å²) in [6, 6.07) is -0.428. The summed E-state index contributed by atoms with van der Waals surface area (Å²) in [7, 11) is 0. The zero-order valence-corrected chi connectivity index (χ0v) is 12.2. The maximum Gasteiger partial charge on any atom is 0.234 e. The molecule has 0 spiro atoms. The van der Waals surface area contributed by atoms with Gasteiger partial charge in [-0.15, -0.1) is 0 Å². The second kappa shape index (κ2) is 7.01. The summed E-state index contributed by atoms with van der Waals surface area (Å²) >= 11 is 0. The zero-order chi connectivity index (χ0) is 14.5. The van der Waals surface area contributed by atoms with Crippen LogP contribution >= 0.6 is 0 Å². The van der Waals surface area contributed by atoms with E-state index in [0.29, 0.717) is 0 Å². The van der Waals surface area contributed by atoms with Crippen LogP contribution in [-0.4, -0.2) is 41.5 Å². The van der Waals surface area contributed by atoms with Crippen LogP contribution < -0.4 is 10.6 Å². The fraction of sp³-hybridized carbons (Fsp3) is 0.857. The minimum absolute atomic E-state index is 0.0268. The van der Waals surface area contributed by atoms with Crippen LogP contribution in [0.3, 0.4) is 0 Å². The molecule has 3 N–H and O–H groups in total. The Bertz CT molecular complexity index is 323. The average Bonchev–Trinajstić information content (AvgIpc) is 2.82. The first-order valence-corrected chi connectivity index (χ1v) is 7.06. The largest absolute Gasteiger partial charge is 0.394 e. The smallest absolute Gasteiger partial charge is 0.234 e. The summed E-state index contributed by atoms with van der Waals surface area (Å²) in [5.74, 6) is -0.130. The average molecular weight is 270 g/mol. The Kier molecular flexibility index (Phi) is 5.94. The molecule has 0 radical (unpaired) electrons. The molecule has 0 saturated heterocycles. The number of ketones is 1. The van der Waals surface area contributed by atoms with Crippen molar-refractivity contribution < 1.29 is 14.7 Å². The van der Waals surface area contributed by atoms with Gasteiger partial charge < -0.3 is 15.7 Å². The summed E-state index contributed by atoms with van der Waals surface area (Å²) in [5, 5.41) is 15.3. The molecule has 1 fully saturated rings. The van der Waals surface area contributed by atoms with Crippen LogP contribution in [0.5, 0.6) is 0 Å². The molecule has 0 aromatic heterocycles. The van der Waals surface area contributed by atoms with Gasteiger partial charge in [-0.1, -0.05) is 26.7 Å². The highest BCUT2D eigenvalue weighted by molar-refractivity contribution is 5.88. The predicted octanol–water partition coefficient (Wildman–Crippen LogP) is 0.611. The molecule has 1 amide bonds. The van der Waals surface area contributed by atoms with Crippen molar-refractivity contribution in [2.75, 3.05) is 13.2 Å². The normalized spacial score (nSPS) is 19.4. The van der Waals surface area contributed by atoms with Crippen molar-refractivity contribution in [1.29, 1.82) is 0 Å². The fourth-order valence-corrected chi connectivity index (χ4v) is 2.67. The number of hydrogen-bond acceptors (Lipinski definition) is 4. The van der Waals surface area contributed by atoms with Crippen molar-refractivity contribution in [3.05, 3.63) is 0 Å². The lowest BCUT2D eigenvalue weighted by Crippen LogP contribution is -2.52. The van der Waals surface area contributed by atoms with Gasteiger partial charge in [0.05, 0.1) is 19.2 Å². The molecule has 0 heterocycles. The lowest BCUT2D eigenvalue weighted by atomic mass is 9.98. The van der Waals surface area contributed by atoms with Crippen LogP contribution in [0.1, 0.15) is 46.5 Å². The lowest BCUT2D eigenvalue weighted by molar-refractivity contribution is -0.127. The van der Waals surface area contributed by atoms with Gasteiger partial charge in [0.1, 0.15) is 0 Å². The number of carbonyl (C=O) groups excluding carboxylic acids is 2. The van der Waals surface area contributed by atoms with E-state index in [0.717, 1.165) is 25.7 Å². The minimum Gasteiger partial charge on any atom is -0.394 e. The molecule has 5 heteroatoms. The Labute approximate surface area is 115 Å². The van der Waals surface area contributed by atoms with Crippen LogP contribution in [0.2, 0.25) is 0 Å². The lowest BCUT2D eigenvalue weighted by Gasteiger charge is -2.28. The van der Waals surface area contributed by atoms with Gasteiger partial charge in [0.15, 0.2) is 5.78 Å². The first-order valence-electron chi connectivity index (χ1n) is 7.06. The second-order valence-corrected chi connectivity index (χ2v) is 5.90. The van der Waals surface area contributed by atoms with E-state index in [2.05, 4.69) is 10.6 Å². The maximum absolute atomic E-state index is 11.9. The summed E-state index contributed by atoms with van der Waals surface area (Å²) < 4.78 is 0. The molecule has 19 heavy (non-hydrogen) atoms.